The zero-order valence-corrected chi connectivity index (χ0v) is 13.1. The van der Waals surface area contributed by atoms with Gasteiger partial charge in [-0.15, -0.1) is 5.10 Å². The van der Waals surface area contributed by atoms with Crippen LogP contribution < -0.4 is 10.2 Å². The molecule has 114 valence electrons. The molecule has 5 heteroatoms. The molecule has 1 aliphatic rings. The summed E-state index contributed by atoms with van der Waals surface area (Å²) in [5, 5.41) is 11.6. The van der Waals surface area contributed by atoms with Gasteiger partial charge in [0.25, 0.3) is 0 Å². The van der Waals surface area contributed by atoms with Gasteiger partial charge in [0.05, 0.1) is 6.54 Å². The van der Waals surface area contributed by atoms with Gasteiger partial charge >= 0.3 is 6.01 Å². The molecule has 0 bridgehead atoms. The predicted molar refractivity (Wildman–Crippen MR) is 80.7 cm³/mol. The van der Waals surface area contributed by atoms with Gasteiger partial charge in [0.15, 0.2) is 0 Å². The molecule has 0 spiro atoms. The summed E-state index contributed by atoms with van der Waals surface area (Å²) in [4.78, 5) is 2.23. The van der Waals surface area contributed by atoms with Crippen LogP contribution in [0.25, 0.3) is 0 Å². The Morgan fingerprint density at radius 1 is 1.30 bits per heavy atom. The number of piperidine rings is 1. The zero-order chi connectivity index (χ0) is 14.4. The van der Waals surface area contributed by atoms with Crippen molar-refractivity contribution in [2.45, 2.75) is 53.0 Å². The quantitative estimate of drug-likeness (QED) is 0.832. The van der Waals surface area contributed by atoms with Gasteiger partial charge in [-0.25, -0.2) is 0 Å². The maximum Gasteiger partial charge on any atom is 0.318 e. The van der Waals surface area contributed by atoms with Crippen molar-refractivity contribution in [3.63, 3.8) is 0 Å². The summed E-state index contributed by atoms with van der Waals surface area (Å²) < 4.78 is 5.74. The number of hydrogen-bond acceptors (Lipinski definition) is 5. The first-order chi connectivity index (χ1) is 9.69. The van der Waals surface area contributed by atoms with E-state index in [1.807, 2.05) is 0 Å². The minimum absolute atomic E-state index is 0.634. The second-order valence-electron chi connectivity index (χ2n) is 6.22. The first-order valence-corrected chi connectivity index (χ1v) is 7.97. The first kappa shape index (κ1) is 15.3. The number of rotatable bonds is 7. The molecule has 0 aliphatic carbocycles. The van der Waals surface area contributed by atoms with Crippen molar-refractivity contribution in [3.8, 4) is 0 Å². The molecule has 1 N–H and O–H groups in total. The molecule has 1 aromatic heterocycles. The van der Waals surface area contributed by atoms with Crippen LogP contribution in [0.15, 0.2) is 4.42 Å². The third kappa shape index (κ3) is 4.47. The van der Waals surface area contributed by atoms with Crippen LogP contribution in [-0.4, -0.2) is 29.8 Å². The topological polar surface area (TPSA) is 54.2 Å². The van der Waals surface area contributed by atoms with E-state index in [4.69, 9.17) is 4.42 Å². The monoisotopic (exact) mass is 280 g/mol. The van der Waals surface area contributed by atoms with Gasteiger partial charge in [0, 0.05) is 13.1 Å². The number of aromatic nitrogens is 2. The standard InChI is InChI=1S/C15H28N4O/c1-4-5-13-6-8-19(9-7-13)15-18-17-14(20-15)11-16-10-12(2)3/h12-13,16H,4-11H2,1-3H3. The fourth-order valence-corrected chi connectivity index (χ4v) is 2.73. The zero-order valence-electron chi connectivity index (χ0n) is 13.1. The largest absolute Gasteiger partial charge is 0.407 e. The summed E-state index contributed by atoms with van der Waals surface area (Å²) in [7, 11) is 0. The van der Waals surface area contributed by atoms with Crippen LogP contribution in [0.5, 0.6) is 0 Å². The Morgan fingerprint density at radius 3 is 2.70 bits per heavy atom. The lowest BCUT2D eigenvalue weighted by molar-refractivity contribution is 0.360. The molecular weight excluding hydrogens is 252 g/mol. The molecule has 2 heterocycles. The third-order valence-corrected chi connectivity index (χ3v) is 3.87. The predicted octanol–water partition coefficient (Wildman–Crippen LogP) is 2.83. The van der Waals surface area contributed by atoms with Crippen LogP contribution in [0.1, 0.15) is 52.3 Å². The van der Waals surface area contributed by atoms with Gasteiger partial charge in [-0.1, -0.05) is 38.7 Å². The Bertz CT molecular complexity index is 383. The van der Waals surface area contributed by atoms with E-state index in [2.05, 4.69) is 41.2 Å². The average Bonchev–Trinajstić information content (AvgIpc) is 2.88. The van der Waals surface area contributed by atoms with E-state index in [0.29, 0.717) is 24.4 Å². The van der Waals surface area contributed by atoms with E-state index < -0.39 is 0 Å². The maximum atomic E-state index is 5.74. The van der Waals surface area contributed by atoms with Gasteiger partial charge in [0.2, 0.25) is 5.89 Å². The van der Waals surface area contributed by atoms with Crippen LogP contribution in [-0.2, 0) is 6.54 Å². The second kappa shape index (κ2) is 7.62. The Hall–Kier alpha value is -1.10. The van der Waals surface area contributed by atoms with Crippen molar-refractivity contribution < 1.29 is 4.42 Å². The normalized spacial score (nSPS) is 17.1. The number of nitrogens with zero attached hydrogens (tertiary/aromatic N) is 3. The summed E-state index contributed by atoms with van der Waals surface area (Å²) in [6.45, 7) is 10.4. The number of hydrogen-bond donors (Lipinski definition) is 1. The average molecular weight is 280 g/mol. The van der Waals surface area contributed by atoms with Crippen LogP contribution in [0.2, 0.25) is 0 Å². The van der Waals surface area contributed by atoms with Gasteiger partial charge in [0.1, 0.15) is 0 Å². The highest BCUT2D eigenvalue weighted by atomic mass is 16.4. The third-order valence-electron chi connectivity index (χ3n) is 3.87. The van der Waals surface area contributed by atoms with E-state index in [1.165, 1.54) is 25.7 Å². The van der Waals surface area contributed by atoms with Gasteiger partial charge in [-0.2, -0.15) is 0 Å². The Kier molecular flexibility index (Phi) is 5.83. The lowest BCUT2D eigenvalue weighted by Crippen LogP contribution is -2.33. The fraction of sp³-hybridized carbons (Fsp3) is 0.867. The van der Waals surface area contributed by atoms with Gasteiger partial charge in [-0.3, -0.25) is 0 Å². The van der Waals surface area contributed by atoms with E-state index in [1.54, 1.807) is 0 Å². The molecule has 1 aromatic rings. The highest BCUT2D eigenvalue weighted by molar-refractivity contribution is 5.24. The van der Waals surface area contributed by atoms with Crippen molar-refractivity contribution in [3.05, 3.63) is 5.89 Å². The van der Waals surface area contributed by atoms with Crippen molar-refractivity contribution >= 4 is 6.01 Å². The SMILES string of the molecule is CCCC1CCN(c2nnc(CNCC(C)C)o2)CC1. The van der Waals surface area contributed by atoms with E-state index in [-0.39, 0.29) is 0 Å². The molecule has 0 unspecified atom stereocenters. The van der Waals surface area contributed by atoms with Crippen molar-refractivity contribution in [2.24, 2.45) is 11.8 Å². The fourth-order valence-electron chi connectivity index (χ4n) is 2.73. The molecule has 0 atom stereocenters. The molecular formula is C15H28N4O. The first-order valence-electron chi connectivity index (χ1n) is 7.97. The van der Waals surface area contributed by atoms with E-state index in [0.717, 1.165) is 25.6 Å². The molecule has 0 saturated carbocycles. The summed E-state index contributed by atoms with van der Waals surface area (Å²) >= 11 is 0. The lowest BCUT2D eigenvalue weighted by Gasteiger charge is -2.30. The molecule has 0 radical (unpaired) electrons. The number of anilines is 1. The van der Waals surface area contributed by atoms with Crippen LogP contribution >= 0.6 is 0 Å². The highest BCUT2D eigenvalue weighted by Crippen LogP contribution is 2.25. The molecule has 5 nitrogen and oxygen atoms in total. The Morgan fingerprint density at radius 2 is 2.05 bits per heavy atom. The summed E-state index contributed by atoms with van der Waals surface area (Å²) in [6.07, 6.45) is 5.13. The van der Waals surface area contributed by atoms with Crippen molar-refractivity contribution in [2.75, 3.05) is 24.5 Å². The molecule has 0 aromatic carbocycles. The van der Waals surface area contributed by atoms with Gasteiger partial charge < -0.3 is 14.6 Å². The Balaban J connectivity index is 1.78. The second-order valence-corrected chi connectivity index (χ2v) is 6.22. The maximum absolute atomic E-state index is 5.74. The van der Waals surface area contributed by atoms with Crippen molar-refractivity contribution in [1.82, 2.24) is 15.5 Å². The minimum Gasteiger partial charge on any atom is -0.407 e. The highest BCUT2D eigenvalue weighted by Gasteiger charge is 2.22. The van der Waals surface area contributed by atoms with E-state index in [9.17, 15) is 0 Å². The molecule has 1 saturated heterocycles. The van der Waals surface area contributed by atoms with Gasteiger partial charge in [-0.05, 0) is 31.2 Å². The minimum atomic E-state index is 0.634. The van der Waals surface area contributed by atoms with Crippen molar-refractivity contribution in [1.29, 1.82) is 0 Å². The molecule has 1 fully saturated rings. The number of nitrogens with one attached hydrogen (secondary N) is 1. The molecule has 2 rings (SSSR count). The van der Waals surface area contributed by atoms with Crippen LogP contribution in [0.4, 0.5) is 6.01 Å². The Labute approximate surface area is 122 Å². The molecule has 1 aliphatic heterocycles. The summed E-state index contributed by atoms with van der Waals surface area (Å²) in [5.74, 6) is 2.21. The summed E-state index contributed by atoms with van der Waals surface area (Å²) in [6, 6.07) is 0.696. The lowest BCUT2D eigenvalue weighted by atomic mass is 9.93. The van der Waals surface area contributed by atoms with E-state index >= 15 is 0 Å². The van der Waals surface area contributed by atoms with Crippen LogP contribution in [0, 0.1) is 11.8 Å². The smallest absolute Gasteiger partial charge is 0.318 e. The molecule has 20 heavy (non-hydrogen) atoms. The molecule has 0 amide bonds. The van der Waals surface area contributed by atoms with Crippen LogP contribution in [0.3, 0.4) is 0 Å². The summed E-state index contributed by atoms with van der Waals surface area (Å²) in [5.41, 5.74) is 0.